The van der Waals surface area contributed by atoms with Gasteiger partial charge < -0.3 is 10.1 Å². The van der Waals surface area contributed by atoms with Gasteiger partial charge in [0.15, 0.2) is 0 Å². The summed E-state index contributed by atoms with van der Waals surface area (Å²) in [7, 11) is 3.75. The fourth-order valence-corrected chi connectivity index (χ4v) is 2.91. The molecule has 19 heavy (non-hydrogen) atoms. The Labute approximate surface area is 119 Å². The van der Waals surface area contributed by atoms with Crippen LogP contribution in [0.15, 0.2) is 41.1 Å². The van der Waals surface area contributed by atoms with Crippen molar-refractivity contribution in [2.45, 2.75) is 25.3 Å². The van der Waals surface area contributed by atoms with Crippen molar-refractivity contribution >= 4 is 11.3 Å². The van der Waals surface area contributed by atoms with Crippen LogP contribution in [0.4, 0.5) is 0 Å². The molecule has 3 heteroatoms. The predicted molar refractivity (Wildman–Crippen MR) is 82.2 cm³/mol. The molecule has 0 saturated carbocycles. The van der Waals surface area contributed by atoms with Gasteiger partial charge in [0.2, 0.25) is 0 Å². The number of rotatable bonds is 7. The number of benzene rings is 1. The second-order valence-electron chi connectivity index (χ2n) is 4.71. The van der Waals surface area contributed by atoms with Crippen LogP contribution >= 0.6 is 11.3 Å². The van der Waals surface area contributed by atoms with Crippen molar-refractivity contribution in [3.63, 3.8) is 0 Å². The first-order chi connectivity index (χ1) is 9.31. The van der Waals surface area contributed by atoms with E-state index in [0.29, 0.717) is 6.04 Å². The largest absolute Gasteiger partial charge is 0.497 e. The molecule has 0 aliphatic rings. The Kier molecular flexibility index (Phi) is 5.43. The molecule has 102 valence electrons. The fraction of sp³-hybridized carbons (Fsp3) is 0.375. The van der Waals surface area contributed by atoms with E-state index in [4.69, 9.17) is 4.74 Å². The molecule has 1 aromatic carbocycles. The predicted octanol–water partition coefficient (Wildman–Crippen LogP) is 3.52. The lowest BCUT2D eigenvalue weighted by Gasteiger charge is -2.16. The number of methoxy groups -OCH3 is 1. The van der Waals surface area contributed by atoms with Crippen LogP contribution in [-0.2, 0) is 12.8 Å². The lowest BCUT2D eigenvalue weighted by molar-refractivity contribution is 0.413. The molecule has 0 spiro atoms. The molecule has 1 heterocycles. The number of ether oxygens (including phenoxy) is 1. The van der Waals surface area contributed by atoms with E-state index in [1.165, 1.54) is 11.1 Å². The van der Waals surface area contributed by atoms with E-state index in [-0.39, 0.29) is 0 Å². The molecule has 2 rings (SSSR count). The minimum absolute atomic E-state index is 0.506. The van der Waals surface area contributed by atoms with Gasteiger partial charge in [-0.25, -0.2) is 0 Å². The van der Waals surface area contributed by atoms with Crippen molar-refractivity contribution in [1.82, 2.24) is 5.32 Å². The molecule has 0 bridgehead atoms. The minimum atomic E-state index is 0.506. The summed E-state index contributed by atoms with van der Waals surface area (Å²) in [6, 6.07) is 11.0. The number of nitrogens with one attached hydrogen (secondary N) is 1. The minimum Gasteiger partial charge on any atom is -0.497 e. The average Bonchev–Trinajstić information content (AvgIpc) is 2.97. The van der Waals surface area contributed by atoms with Crippen molar-refractivity contribution in [3.05, 3.63) is 52.2 Å². The molecular weight excluding hydrogens is 254 g/mol. The summed E-state index contributed by atoms with van der Waals surface area (Å²) < 4.78 is 5.27. The molecule has 1 N–H and O–H groups in total. The van der Waals surface area contributed by atoms with Gasteiger partial charge in [-0.15, -0.1) is 0 Å². The highest BCUT2D eigenvalue weighted by Gasteiger charge is 2.08. The Morgan fingerprint density at radius 1 is 1.26 bits per heavy atom. The first kappa shape index (κ1) is 14.1. The summed E-state index contributed by atoms with van der Waals surface area (Å²) in [5.74, 6) is 0.935. The number of likely N-dealkylation sites (N-methyl/N-ethyl adjacent to an activating group) is 1. The standard InChI is InChI=1S/C16H21NOS/c1-17-15(7-6-13-8-9-19-12-13)10-14-4-3-5-16(11-14)18-2/h3-5,8-9,11-12,15,17H,6-7,10H2,1-2H3. The fourth-order valence-electron chi connectivity index (χ4n) is 2.21. The number of thiophene rings is 1. The molecule has 0 radical (unpaired) electrons. The van der Waals surface area contributed by atoms with Gasteiger partial charge in [-0.2, -0.15) is 11.3 Å². The third kappa shape index (κ3) is 4.37. The summed E-state index contributed by atoms with van der Waals surface area (Å²) >= 11 is 1.77. The lowest BCUT2D eigenvalue weighted by atomic mass is 10.00. The van der Waals surface area contributed by atoms with E-state index in [0.717, 1.165) is 25.0 Å². The van der Waals surface area contributed by atoms with E-state index in [1.807, 2.05) is 13.1 Å². The number of hydrogen-bond acceptors (Lipinski definition) is 3. The number of hydrogen-bond donors (Lipinski definition) is 1. The summed E-state index contributed by atoms with van der Waals surface area (Å²) in [4.78, 5) is 0. The van der Waals surface area contributed by atoms with Crippen molar-refractivity contribution in [3.8, 4) is 5.75 Å². The molecule has 1 aromatic heterocycles. The van der Waals surface area contributed by atoms with Crippen LogP contribution in [0.1, 0.15) is 17.5 Å². The lowest BCUT2D eigenvalue weighted by Crippen LogP contribution is -2.28. The van der Waals surface area contributed by atoms with Crippen LogP contribution in [0.3, 0.4) is 0 Å². The third-order valence-corrected chi connectivity index (χ3v) is 4.12. The van der Waals surface area contributed by atoms with Crippen LogP contribution in [0.5, 0.6) is 5.75 Å². The summed E-state index contributed by atoms with van der Waals surface area (Å²) in [6.07, 6.45) is 3.33. The summed E-state index contributed by atoms with van der Waals surface area (Å²) in [6.45, 7) is 0. The van der Waals surface area contributed by atoms with Crippen molar-refractivity contribution < 1.29 is 4.74 Å². The third-order valence-electron chi connectivity index (χ3n) is 3.39. The SMILES string of the molecule is CNC(CCc1ccsc1)Cc1cccc(OC)c1. The molecule has 0 saturated heterocycles. The highest BCUT2D eigenvalue weighted by molar-refractivity contribution is 7.07. The molecule has 0 fully saturated rings. The van der Waals surface area contributed by atoms with Crippen molar-refractivity contribution in [1.29, 1.82) is 0 Å². The molecule has 0 aliphatic heterocycles. The summed E-state index contributed by atoms with van der Waals surface area (Å²) in [5.41, 5.74) is 2.76. The maximum Gasteiger partial charge on any atom is 0.119 e. The maximum absolute atomic E-state index is 5.27. The van der Waals surface area contributed by atoms with Gasteiger partial charge >= 0.3 is 0 Å². The van der Waals surface area contributed by atoms with Crippen LogP contribution in [0.25, 0.3) is 0 Å². The van der Waals surface area contributed by atoms with Crippen molar-refractivity contribution in [2.24, 2.45) is 0 Å². The Morgan fingerprint density at radius 3 is 2.84 bits per heavy atom. The van der Waals surface area contributed by atoms with E-state index in [2.05, 4.69) is 40.3 Å². The molecule has 2 nitrogen and oxygen atoms in total. The maximum atomic E-state index is 5.27. The Balaban J connectivity index is 1.90. The highest BCUT2D eigenvalue weighted by Crippen LogP contribution is 2.16. The molecule has 1 atom stereocenters. The van der Waals surface area contributed by atoms with E-state index in [1.54, 1.807) is 18.4 Å². The second kappa shape index (κ2) is 7.31. The quantitative estimate of drug-likeness (QED) is 0.835. The Bertz CT molecular complexity index is 481. The smallest absolute Gasteiger partial charge is 0.119 e. The monoisotopic (exact) mass is 275 g/mol. The van der Waals surface area contributed by atoms with Crippen molar-refractivity contribution in [2.75, 3.05) is 14.2 Å². The first-order valence-corrected chi connectivity index (χ1v) is 7.57. The van der Waals surface area contributed by atoms with Gasteiger partial charge in [0.25, 0.3) is 0 Å². The zero-order valence-electron chi connectivity index (χ0n) is 11.6. The molecule has 0 aliphatic carbocycles. The normalized spacial score (nSPS) is 12.3. The molecule has 0 amide bonds. The van der Waals surface area contributed by atoms with Crippen LogP contribution in [0, 0.1) is 0 Å². The topological polar surface area (TPSA) is 21.3 Å². The average molecular weight is 275 g/mol. The number of aryl methyl sites for hydroxylation is 1. The van der Waals surface area contributed by atoms with Gasteiger partial charge in [-0.1, -0.05) is 12.1 Å². The van der Waals surface area contributed by atoms with E-state index < -0.39 is 0 Å². The van der Waals surface area contributed by atoms with Gasteiger partial charge in [0.05, 0.1) is 7.11 Å². The van der Waals surface area contributed by atoms with Gasteiger partial charge in [-0.3, -0.25) is 0 Å². The Morgan fingerprint density at radius 2 is 2.16 bits per heavy atom. The molecule has 2 aromatic rings. The zero-order chi connectivity index (χ0) is 13.5. The Hall–Kier alpha value is -1.32. The van der Waals surface area contributed by atoms with Gasteiger partial charge in [0.1, 0.15) is 5.75 Å². The summed E-state index contributed by atoms with van der Waals surface area (Å²) in [5, 5.41) is 7.79. The highest BCUT2D eigenvalue weighted by atomic mass is 32.1. The van der Waals surface area contributed by atoms with E-state index in [9.17, 15) is 0 Å². The van der Waals surface area contributed by atoms with Gasteiger partial charge in [-0.05, 0) is 66.4 Å². The zero-order valence-corrected chi connectivity index (χ0v) is 12.4. The second-order valence-corrected chi connectivity index (χ2v) is 5.49. The first-order valence-electron chi connectivity index (χ1n) is 6.63. The van der Waals surface area contributed by atoms with Crippen LogP contribution in [0.2, 0.25) is 0 Å². The van der Waals surface area contributed by atoms with E-state index >= 15 is 0 Å². The molecular formula is C16H21NOS. The van der Waals surface area contributed by atoms with Gasteiger partial charge in [0, 0.05) is 6.04 Å². The van der Waals surface area contributed by atoms with Crippen LogP contribution < -0.4 is 10.1 Å². The molecule has 1 unspecified atom stereocenters. The van der Waals surface area contributed by atoms with Crippen LogP contribution in [-0.4, -0.2) is 20.2 Å².